The van der Waals surface area contributed by atoms with E-state index < -0.39 is 11.9 Å². The first-order chi connectivity index (χ1) is 8.65. The number of hydrogen-bond donors (Lipinski definition) is 0. The number of rotatable bonds is 5. The summed E-state index contributed by atoms with van der Waals surface area (Å²) in [6.07, 6.45) is 2.97. The average molecular weight is 248 g/mol. The number of aryl methyl sites for hydroxylation is 1. The largest absolute Gasteiger partial charge is 0.463 e. The van der Waals surface area contributed by atoms with Gasteiger partial charge in [-0.15, -0.1) is 0 Å². The molecule has 0 unspecified atom stereocenters. The first-order valence-corrected chi connectivity index (χ1v) is 5.81. The van der Waals surface area contributed by atoms with Crippen molar-refractivity contribution in [1.29, 1.82) is 0 Å². The number of carbonyl (C=O) groups is 2. The highest BCUT2D eigenvalue weighted by Crippen LogP contribution is 2.13. The number of ether oxygens (including phenoxy) is 2. The minimum absolute atomic E-state index is 0.275. The number of carbonyl (C=O) groups excluding carboxylic acids is 2. The summed E-state index contributed by atoms with van der Waals surface area (Å²) in [5.74, 6) is -0.694. The molecule has 1 aromatic rings. The molecule has 0 aliphatic heterocycles. The molecule has 0 fully saturated rings. The van der Waals surface area contributed by atoms with Gasteiger partial charge in [0.05, 0.1) is 6.61 Å². The maximum atomic E-state index is 11.4. The Morgan fingerprint density at radius 3 is 2.56 bits per heavy atom. The molecular weight excluding hydrogens is 232 g/mol. The van der Waals surface area contributed by atoms with Crippen molar-refractivity contribution in [2.24, 2.45) is 0 Å². The second-order valence-electron chi connectivity index (χ2n) is 3.51. The van der Waals surface area contributed by atoms with Crippen molar-refractivity contribution in [3.05, 3.63) is 42.0 Å². The molecule has 18 heavy (non-hydrogen) atoms. The number of esters is 2. The lowest BCUT2D eigenvalue weighted by molar-refractivity contribution is -0.138. The predicted molar refractivity (Wildman–Crippen MR) is 67.2 cm³/mol. The van der Waals surface area contributed by atoms with E-state index in [0.717, 1.165) is 24.1 Å². The van der Waals surface area contributed by atoms with Crippen LogP contribution in [-0.2, 0) is 20.7 Å². The summed E-state index contributed by atoms with van der Waals surface area (Å²) < 4.78 is 9.70. The summed E-state index contributed by atoms with van der Waals surface area (Å²) in [5, 5.41) is 0. The fourth-order valence-corrected chi connectivity index (χ4v) is 1.31. The Morgan fingerprint density at radius 1 is 1.17 bits per heavy atom. The van der Waals surface area contributed by atoms with Gasteiger partial charge in [0.25, 0.3) is 0 Å². The summed E-state index contributed by atoms with van der Waals surface area (Å²) in [7, 11) is 0. The molecule has 0 aliphatic carbocycles. The van der Waals surface area contributed by atoms with Crippen LogP contribution in [0.1, 0.15) is 19.4 Å². The number of benzene rings is 1. The first-order valence-electron chi connectivity index (χ1n) is 5.81. The predicted octanol–water partition coefficient (Wildman–Crippen LogP) is 2.27. The van der Waals surface area contributed by atoms with Gasteiger partial charge in [0.1, 0.15) is 5.75 Å². The van der Waals surface area contributed by atoms with E-state index in [-0.39, 0.29) is 6.61 Å². The molecule has 0 radical (unpaired) electrons. The van der Waals surface area contributed by atoms with Crippen LogP contribution in [0, 0.1) is 0 Å². The van der Waals surface area contributed by atoms with Crippen LogP contribution in [0.5, 0.6) is 5.75 Å². The van der Waals surface area contributed by atoms with Crippen LogP contribution in [-0.4, -0.2) is 18.5 Å². The summed E-state index contributed by atoms with van der Waals surface area (Å²) in [4.78, 5) is 22.4. The molecule has 0 atom stereocenters. The smallest absolute Gasteiger partial charge is 0.336 e. The Bertz CT molecular complexity index is 449. The van der Waals surface area contributed by atoms with Crippen LogP contribution in [0.4, 0.5) is 0 Å². The van der Waals surface area contributed by atoms with Crippen molar-refractivity contribution < 1.29 is 19.1 Å². The molecule has 96 valence electrons. The van der Waals surface area contributed by atoms with E-state index >= 15 is 0 Å². The van der Waals surface area contributed by atoms with Crippen LogP contribution in [0.3, 0.4) is 0 Å². The zero-order chi connectivity index (χ0) is 13.4. The van der Waals surface area contributed by atoms with Crippen LogP contribution < -0.4 is 4.74 Å². The van der Waals surface area contributed by atoms with E-state index in [2.05, 4.69) is 4.74 Å². The zero-order valence-electron chi connectivity index (χ0n) is 10.5. The minimum atomic E-state index is -0.601. The molecule has 4 nitrogen and oxygen atoms in total. The summed E-state index contributed by atoms with van der Waals surface area (Å²) >= 11 is 0. The number of hydrogen-bond acceptors (Lipinski definition) is 4. The van der Waals surface area contributed by atoms with Crippen LogP contribution in [0.15, 0.2) is 36.4 Å². The van der Waals surface area contributed by atoms with Crippen molar-refractivity contribution in [1.82, 2.24) is 0 Å². The van der Waals surface area contributed by atoms with Gasteiger partial charge >= 0.3 is 11.9 Å². The van der Waals surface area contributed by atoms with Crippen molar-refractivity contribution in [2.75, 3.05) is 6.61 Å². The molecule has 1 aromatic carbocycles. The summed E-state index contributed by atoms with van der Waals surface area (Å²) in [5.41, 5.74) is 1.08. The third kappa shape index (κ3) is 4.82. The normalized spacial score (nSPS) is 10.3. The van der Waals surface area contributed by atoms with Gasteiger partial charge < -0.3 is 9.47 Å². The summed E-state index contributed by atoms with van der Waals surface area (Å²) in [6, 6.07) is 7.24. The minimum Gasteiger partial charge on any atom is -0.463 e. The first kappa shape index (κ1) is 14.0. The molecular formula is C14H16O4. The molecule has 0 saturated carbocycles. The standard InChI is InChI=1S/C14H16O4/c1-3-11-6-5-7-12(10-11)18-14(16)9-8-13(15)17-4-2/h5-10H,3-4H2,1-2H3/b9-8+. The second-order valence-corrected chi connectivity index (χ2v) is 3.51. The van der Waals surface area contributed by atoms with Crippen LogP contribution >= 0.6 is 0 Å². The lowest BCUT2D eigenvalue weighted by Gasteiger charge is -2.03. The van der Waals surface area contributed by atoms with E-state index in [4.69, 9.17) is 4.74 Å². The van der Waals surface area contributed by atoms with Gasteiger partial charge in [0, 0.05) is 12.2 Å². The molecule has 4 heteroatoms. The molecule has 0 aromatic heterocycles. The Morgan fingerprint density at radius 2 is 1.89 bits per heavy atom. The van der Waals surface area contributed by atoms with E-state index in [1.54, 1.807) is 19.1 Å². The maximum Gasteiger partial charge on any atom is 0.336 e. The SMILES string of the molecule is CCOC(=O)/C=C/C(=O)Oc1cccc(CC)c1. The van der Waals surface area contributed by atoms with Crippen LogP contribution in [0.25, 0.3) is 0 Å². The quantitative estimate of drug-likeness (QED) is 0.455. The molecule has 0 N–H and O–H groups in total. The van der Waals surface area contributed by atoms with E-state index in [0.29, 0.717) is 5.75 Å². The molecule has 0 spiro atoms. The van der Waals surface area contributed by atoms with E-state index in [9.17, 15) is 9.59 Å². The van der Waals surface area contributed by atoms with Gasteiger partial charge in [-0.25, -0.2) is 9.59 Å². The highest BCUT2D eigenvalue weighted by molar-refractivity contribution is 5.92. The lowest BCUT2D eigenvalue weighted by atomic mass is 10.2. The van der Waals surface area contributed by atoms with Crippen molar-refractivity contribution in [3.63, 3.8) is 0 Å². The topological polar surface area (TPSA) is 52.6 Å². The highest BCUT2D eigenvalue weighted by atomic mass is 16.5. The third-order valence-electron chi connectivity index (χ3n) is 2.17. The fraction of sp³-hybridized carbons (Fsp3) is 0.286. The van der Waals surface area contributed by atoms with Gasteiger partial charge in [-0.1, -0.05) is 19.1 Å². The van der Waals surface area contributed by atoms with Crippen molar-refractivity contribution in [3.8, 4) is 5.75 Å². The fourth-order valence-electron chi connectivity index (χ4n) is 1.31. The van der Waals surface area contributed by atoms with Gasteiger partial charge in [0.15, 0.2) is 0 Å². The molecule has 0 bridgehead atoms. The van der Waals surface area contributed by atoms with Crippen LogP contribution in [0.2, 0.25) is 0 Å². The zero-order valence-corrected chi connectivity index (χ0v) is 10.5. The summed E-state index contributed by atoms with van der Waals surface area (Å²) in [6.45, 7) is 3.98. The van der Waals surface area contributed by atoms with Gasteiger partial charge in [-0.3, -0.25) is 0 Å². The Balaban J connectivity index is 2.56. The van der Waals surface area contributed by atoms with Gasteiger partial charge in [-0.05, 0) is 31.0 Å². The Hall–Kier alpha value is -2.10. The monoisotopic (exact) mass is 248 g/mol. The average Bonchev–Trinajstić information content (AvgIpc) is 2.37. The molecule has 0 amide bonds. The molecule has 0 saturated heterocycles. The van der Waals surface area contributed by atoms with E-state index in [1.807, 2.05) is 19.1 Å². The highest BCUT2D eigenvalue weighted by Gasteiger charge is 2.02. The Kier molecular flexibility index (Phi) is 5.64. The molecule has 1 rings (SSSR count). The Labute approximate surface area is 106 Å². The van der Waals surface area contributed by atoms with E-state index in [1.165, 1.54) is 0 Å². The molecule has 0 heterocycles. The van der Waals surface area contributed by atoms with Gasteiger partial charge in [0.2, 0.25) is 0 Å². The van der Waals surface area contributed by atoms with Crippen molar-refractivity contribution >= 4 is 11.9 Å². The molecule has 0 aliphatic rings. The van der Waals surface area contributed by atoms with Crippen molar-refractivity contribution in [2.45, 2.75) is 20.3 Å². The maximum absolute atomic E-state index is 11.4. The second kappa shape index (κ2) is 7.27. The lowest BCUT2D eigenvalue weighted by Crippen LogP contribution is -2.06. The third-order valence-corrected chi connectivity index (χ3v) is 2.17. The van der Waals surface area contributed by atoms with Gasteiger partial charge in [-0.2, -0.15) is 0 Å².